The second kappa shape index (κ2) is 5.19. The maximum Gasteiger partial charge on any atom is 0.0927 e. The topological polar surface area (TPSA) is 28.7 Å². The number of aromatic amines is 1. The third-order valence-electron chi connectivity index (χ3n) is 2.88. The minimum Gasteiger partial charge on any atom is -0.277 e. The van der Waals surface area contributed by atoms with Gasteiger partial charge in [0, 0.05) is 20.6 Å². The number of nitrogens with zero attached hydrogens (tertiary/aromatic N) is 1. The molecule has 0 radical (unpaired) electrons. The molecule has 94 valence electrons. The maximum atomic E-state index is 6.18. The first kappa shape index (κ1) is 12.5. The molecule has 1 aromatic heterocycles. The Morgan fingerprint density at radius 2 is 1.74 bits per heavy atom. The lowest BCUT2D eigenvalue weighted by Gasteiger charge is -1.99. The minimum atomic E-state index is 0.716. The molecule has 0 unspecified atom stereocenters. The molecule has 0 saturated carbocycles. The van der Waals surface area contributed by atoms with Gasteiger partial charge in [0.2, 0.25) is 0 Å². The van der Waals surface area contributed by atoms with Gasteiger partial charge in [0.05, 0.1) is 11.4 Å². The SMILES string of the molecule is Clc1ccccc1-c1cc(-c2ccc(Br)cc2)n[nH]1. The van der Waals surface area contributed by atoms with Crippen LogP contribution in [0.4, 0.5) is 0 Å². The number of halogens is 2. The molecule has 0 spiro atoms. The lowest BCUT2D eigenvalue weighted by Crippen LogP contribution is -1.78. The van der Waals surface area contributed by atoms with Gasteiger partial charge in [-0.3, -0.25) is 5.10 Å². The van der Waals surface area contributed by atoms with Gasteiger partial charge in [-0.15, -0.1) is 0 Å². The highest BCUT2D eigenvalue weighted by Gasteiger charge is 2.08. The summed E-state index contributed by atoms with van der Waals surface area (Å²) in [5.74, 6) is 0. The zero-order valence-corrected chi connectivity index (χ0v) is 12.2. The maximum absolute atomic E-state index is 6.18. The Labute approximate surface area is 124 Å². The van der Waals surface area contributed by atoms with E-state index >= 15 is 0 Å². The highest BCUT2D eigenvalue weighted by Crippen LogP contribution is 2.29. The summed E-state index contributed by atoms with van der Waals surface area (Å²) < 4.78 is 1.05. The normalized spacial score (nSPS) is 10.6. The zero-order valence-electron chi connectivity index (χ0n) is 9.90. The Bertz CT molecular complexity index is 704. The first-order chi connectivity index (χ1) is 9.24. The molecule has 0 aliphatic carbocycles. The van der Waals surface area contributed by atoms with Crippen LogP contribution in [0.15, 0.2) is 59.1 Å². The van der Waals surface area contributed by atoms with Crippen LogP contribution in [0.1, 0.15) is 0 Å². The molecule has 3 aromatic rings. The van der Waals surface area contributed by atoms with E-state index in [-0.39, 0.29) is 0 Å². The molecule has 0 amide bonds. The first-order valence-electron chi connectivity index (χ1n) is 5.80. The largest absolute Gasteiger partial charge is 0.277 e. The molecule has 1 N–H and O–H groups in total. The predicted molar refractivity (Wildman–Crippen MR) is 82.2 cm³/mol. The summed E-state index contributed by atoms with van der Waals surface area (Å²) in [5.41, 5.74) is 3.85. The van der Waals surface area contributed by atoms with Gasteiger partial charge < -0.3 is 0 Å². The van der Waals surface area contributed by atoms with Crippen LogP contribution in [0, 0.1) is 0 Å². The second-order valence-corrected chi connectivity index (χ2v) is 5.48. The van der Waals surface area contributed by atoms with Crippen molar-refractivity contribution < 1.29 is 0 Å². The van der Waals surface area contributed by atoms with E-state index in [0.717, 1.165) is 27.0 Å². The molecule has 2 aromatic carbocycles. The Kier molecular flexibility index (Phi) is 3.40. The number of benzene rings is 2. The summed E-state index contributed by atoms with van der Waals surface area (Å²) in [6.45, 7) is 0. The summed E-state index contributed by atoms with van der Waals surface area (Å²) in [6.07, 6.45) is 0. The van der Waals surface area contributed by atoms with Crippen molar-refractivity contribution in [2.45, 2.75) is 0 Å². The smallest absolute Gasteiger partial charge is 0.0927 e. The fourth-order valence-corrected chi connectivity index (χ4v) is 2.41. The van der Waals surface area contributed by atoms with Crippen molar-refractivity contribution in [2.75, 3.05) is 0 Å². The van der Waals surface area contributed by atoms with Gasteiger partial charge in [-0.1, -0.05) is 57.9 Å². The molecular formula is C15H10BrClN2. The first-order valence-corrected chi connectivity index (χ1v) is 6.97. The Hall–Kier alpha value is -1.58. The van der Waals surface area contributed by atoms with Crippen molar-refractivity contribution in [1.29, 1.82) is 0 Å². The number of hydrogen-bond donors (Lipinski definition) is 1. The molecule has 0 fully saturated rings. The highest BCUT2D eigenvalue weighted by atomic mass is 79.9. The van der Waals surface area contributed by atoms with Crippen LogP contribution in [0.5, 0.6) is 0 Å². The van der Waals surface area contributed by atoms with Gasteiger partial charge in [-0.05, 0) is 24.3 Å². The Morgan fingerprint density at radius 3 is 2.47 bits per heavy atom. The second-order valence-electron chi connectivity index (χ2n) is 4.15. The van der Waals surface area contributed by atoms with E-state index < -0.39 is 0 Å². The van der Waals surface area contributed by atoms with Gasteiger partial charge >= 0.3 is 0 Å². The van der Waals surface area contributed by atoms with E-state index in [1.54, 1.807) is 0 Å². The number of hydrogen-bond acceptors (Lipinski definition) is 1. The molecule has 19 heavy (non-hydrogen) atoms. The number of H-pyrrole nitrogens is 1. The van der Waals surface area contributed by atoms with E-state index in [2.05, 4.69) is 26.1 Å². The molecule has 0 atom stereocenters. The molecular weight excluding hydrogens is 324 g/mol. The van der Waals surface area contributed by atoms with E-state index in [1.165, 1.54) is 0 Å². The summed E-state index contributed by atoms with van der Waals surface area (Å²) >= 11 is 9.60. The molecule has 0 aliphatic rings. The van der Waals surface area contributed by atoms with E-state index in [1.807, 2.05) is 54.6 Å². The number of aromatic nitrogens is 2. The number of rotatable bonds is 2. The van der Waals surface area contributed by atoms with Crippen LogP contribution in [0.25, 0.3) is 22.5 Å². The average Bonchev–Trinajstić information content (AvgIpc) is 2.89. The molecule has 0 bridgehead atoms. The quantitative estimate of drug-likeness (QED) is 0.689. The van der Waals surface area contributed by atoms with E-state index in [9.17, 15) is 0 Å². The van der Waals surface area contributed by atoms with Crippen LogP contribution in [-0.2, 0) is 0 Å². The Morgan fingerprint density at radius 1 is 1.00 bits per heavy atom. The van der Waals surface area contributed by atoms with Crippen LogP contribution < -0.4 is 0 Å². The molecule has 3 rings (SSSR count). The zero-order chi connectivity index (χ0) is 13.2. The van der Waals surface area contributed by atoms with Crippen LogP contribution >= 0.6 is 27.5 Å². The Balaban J connectivity index is 2.00. The fraction of sp³-hybridized carbons (Fsp3) is 0. The monoisotopic (exact) mass is 332 g/mol. The van der Waals surface area contributed by atoms with Gasteiger partial charge in [-0.25, -0.2) is 0 Å². The van der Waals surface area contributed by atoms with Gasteiger partial charge in [0.1, 0.15) is 0 Å². The standard InChI is InChI=1S/C15H10BrClN2/c16-11-7-5-10(6-8-11)14-9-15(19-18-14)12-3-1-2-4-13(12)17/h1-9H,(H,18,19). The van der Waals surface area contributed by atoms with Crippen LogP contribution in [0.3, 0.4) is 0 Å². The summed E-state index contributed by atoms with van der Waals surface area (Å²) in [4.78, 5) is 0. The minimum absolute atomic E-state index is 0.716. The van der Waals surface area contributed by atoms with Crippen molar-refractivity contribution >= 4 is 27.5 Å². The van der Waals surface area contributed by atoms with Crippen molar-refractivity contribution in [1.82, 2.24) is 10.2 Å². The summed E-state index contributed by atoms with van der Waals surface area (Å²) in [5, 5.41) is 8.08. The fourth-order valence-electron chi connectivity index (χ4n) is 1.91. The molecule has 2 nitrogen and oxygen atoms in total. The predicted octanol–water partition coefficient (Wildman–Crippen LogP) is 5.16. The van der Waals surface area contributed by atoms with Crippen molar-refractivity contribution in [3.63, 3.8) is 0 Å². The van der Waals surface area contributed by atoms with Gasteiger partial charge in [0.15, 0.2) is 0 Å². The number of nitrogens with one attached hydrogen (secondary N) is 1. The van der Waals surface area contributed by atoms with Gasteiger partial charge in [0.25, 0.3) is 0 Å². The van der Waals surface area contributed by atoms with Crippen molar-refractivity contribution in [2.24, 2.45) is 0 Å². The lowest BCUT2D eigenvalue weighted by molar-refractivity contribution is 1.10. The molecule has 1 heterocycles. The van der Waals surface area contributed by atoms with Gasteiger partial charge in [-0.2, -0.15) is 5.10 Å². The van der Waals surface area contributed by atoms with Crippen molar-refractivity contribution in [3.05, 3.63) is 64.1 Å². The third kappa shape index (κ3) is 2.57. The van der Waals surface area contributed by atoms with Crippen LogP contribution in [0.2, 0.25) is 5.02 Å². The highest BCUT2D eigenvalue weighted by molar-refractivity contribution is 9.10. The third-order valence-corrected chi connectivity index (χ3v) is 3.74. The van der Waals surface area contributed by atoms with E-state index in [4.69, 9.17) is 11.6 Å². The lowest BCUT2D eigenvalue weighted by atomic mass is 10.1. The van der Waals surface area contributed by atoms with E-state index in [0.29, 0.717) is 5.02 Å². The molecule has 0 saturated heterocycles. The summed E-state index contributed by atoms with van der Waals surface area (Å²) in [7, 11) is 0. The van der Waals surface area contributed by atoms with Crippen molar-refractivity contribution in [3.8, 4) is 22.5 Å². The molecule has 0 aliphatic heterocycles. The summed E-state index contributed by atoms with van der Waals surface area (Å²) in [6, 6.07) is 17.8. The average molecular weight is 334 g/mol. The van der Waals surface area contributed by atoms with Crippen LogP contribution in [-0.4, -0.2) is 10.2 Å². The molecule has 4 heteroatoms.